The average Bonchev–Trinajstić information content (AvgIpc) is 2.48. The lowest BCUT2D eigenvalue weighted by atomic mass is 10.0. The molecule has 2 aromatic rings. The van der Waals surface area contributed by atoms with Gasteiger partial charge in [0.25, 0.3) is 0 Å². The van der Waals surface area contributed by atoms with E-state index >= 15 is 0 Å². The minimum absolute atomic E-state index is 0.250. The second-order valence-electron chi connectivity index (χ2n) is 4.78. The van der Waals surface area contributed by atoms with Crippen molar-refractivity contribution in [3.05, 3.63) is 58.3 Å². The van der Waals surface area contributed by atoms with Gasteiger partial charge in [0, 0.05) is 24.5 Å². The standard InChI is InChI=1S/C16H19BrN2O/c1-11(13-6-8-18-9-7-13)19-12(2)14-4-5-16(20-3)15(17)10-14/h4-12,19H,1-3H3. The molecule has 1 heterocycles. The molecular weight excluding hydrogens is 316 g/mol. The molecule has 0 fully saturated rings. The van der Waals surface area contributed by atoms with Gasteiger partial charge in [-0.05, 0) is 65.2 Å². The van der Waals surface area contributed by atoms with Crippen molar-refractivity contribution in [2.24, 2.45) is 0 Å². The van der Waals surface area contributed by atoms with E-state index in [1.54, 1.807) is 7.11 Å². The highest BCUT2D eigenvalue weighted by atomic mass is 79.9. The molecule has 1 N–H and O–H groups in total. The van der Waals surface area contributed by atoms with Crippen LogP contribution in [0, 0.1) is 0 Å². The number of benzene rings is 1. The zero-order valence-corrected chi connectivity index (χ0v) is 13.5. The summed E-state index contributed by atoms with van der Waals surface area (Å²) in [4.78, 5) is 4.05. The summed E-state index contributed by atoms with van der Waals surface area (Å²) in [6.07, 6.45) is 3.64. The van der Waals surface area contributed by atoms with Gasteiger partial charge >= 0.3 is 0 Å². The van der Waals surface area contributed by atoms with E-state index in [4.69, 9.17) is 4.74 Å². The second kappa shape index (κ2) is 6.86. The Morgan fingerprint density at radius 3 is 2.30 bits per heavy atom. The molecule has 0 saturated heterocycles. The van der Waals surface area contributed by atoms with Crippen LogP contribution in [-0.2, 0) is 0 Å². The van der Waals surface area contributed by atoms with Crippen LogP contribution in [0.15, 0.2) is 47.2 Å². The smallest absolute Gasteiger partial charge is 0.133 e. The minimum Gasteiger partial charge on any atom is -0.496 e. The molecule has 3 nitrogen and oxygen atoms in total. The van der Waals surface area contributed by atoms with E-state index in [9.17, 15) is 0 Å². The highest BCUT2D eigenvalue weighted by Crippen LogP contribution is 2.28. The van der Waals surface area contributed by atoms with Gasteiger partial charge in [-0.15, -0.1) is 0 Å². The molecule has 2 rings (SSSR count). The van der Waals surface area contributed by atoms with Crippen LogP contribution < -0.4 is 10.1 Å². The van der Waals surface area contributed by atoms with E-state index in [0.29, 0.717) is 0 Å². The molecular formula is C16H19BrN2O. The largest absolute Gasteiger partial charge is 0.496 e. The lowest BCUT2D eigenvalue weighted by Crippen LogP contribution is -2.22. The second-order valence-corrected chi connectivity index (χ2v) is 5.64. The number of halogens is 1. The van der Waals surface area contributed by atoms with E-state index < -0.39 is 0 Å². The SMILES string of the molecule is COc1ccc(C(C)NC(C)c2ccncc2)cc1Br. The summed E-state index contributed by atoms with van der Waals surface area (Å²) in [5.74, 6) is 0.850. The summed E-state index contributed by atoms with van der Waals surface area (Å²) >= 11 is 3.53. The number of aromatic nitrogens is 1. The number of nitrogens with one attached hydrogen (secondary N) is 1. The summed E-state index contributed by atoms with van der Waals surface area (Å²) in [7, 11) is 1.67. The van der Waals surface area contributed by atoms with E-state index in [2.05, 4.69) is 52.2 Å². The van der Waals surface area contributed by atoms with E-state index in [1.165, 1.54) is 11.1 Å². The Morgan fingerprint density at radius 1 is 1.05 bits per heavy atom. The molecule has 0 saturated carbocycles. The number of pyridine rings is 1. The zero-order chi connectivity index (χ0) is 14.5. The number of methoxy groups -OCH3 is 1. The number of rotatable bonds is 5. The Balaban J connectivity index is 2.08. The van der Waals surface area contributed by atoms with Gasteiger partial charge in [-0.25, -0.2) is 0 Å². The van der Waals surface area contributed by atoms with Gasteiger partial charge in [0.1, 0.15) is 5.75 Å². The van der Waals surface area contributed by atoms with Gasteiger partial charge in [0.2, 0.25) is 0 Å². The number of hydrogen-bond donors (Lipinski definition) is 1. The van der Waals surface area contributed by atoms with Crippen molar-refractivity contribution >= 4 is 15.9 Å². The van der Waals surface area contributed by atoms with Gasteiger partial charge < -0.3 is 10.1 Å². The monoisotopic (exact) mass is 334 g/mol. The molecule has 1 aromatic heterocycles. The molecule has 0 aliphatic carbocycles. The normalized spacial score (nSPS) is 13.8. The van der Waals surface area contributed by atoms with Crippen LogP contribution in [-0.4, -0.2) is 12.1 Å². The summed E-state index contributed by atoms with van der Waals surface area (Å²) in [6.45, 7) is 4.32. The topological polar surface area (TPSA) is 34.1 Å². The van der Waals surface area contributed by atoms with Crippen LogP contribution >= 0.6 is 15.9 Å². The van der Waals surface area contributed by atoms with E-state index in [1.807, 2.05) is 30.6 Å². The Morgan fingerprint density at radius 2 is 1.70 bits per heavy atom. The molecule has 0 aliphatic rings. The molecule has 0 amide bonds. The van der Waals surface area contributed by atoms with Crippen molar-refractivity contribution in [3.63, 3.8) is 0 Å². The lowest BCUT2D eigenvalue weighted by Gasteiger charge is -2.21. The van der Waals surface area contributed by atoms with Gasteiger partial charge in [0.15, 0.2) is 0 Å². The third kappa shape index (κ3) is 3.58. The quantitative estimate of drug-likeness (QED) is 0.886. The first-order chi connectivity index (χ1) is 9.61. The Labute approximate surface area is 128 Å². The van der Waals surface area contributed by atoms with Crippen molar-refractivity contribution in [2.75, 3.05) is 7.11 Å². The molecule has 0 bridgehead atoms. The Bertz CT molecular complexity index is 560. The molecule has 0 radical (unpaired) electrons. The zero-order valence-electron chi connectivity index (χ0n) is 11.9. The summed E-state index contributed by atoms with van der Waals surface area (Å²) in [6, 6.07) is 10.8. The third-order valence-corrected chi connectivity index (χ3v) is 4.00. The van der Waals surface area contributed by atoms with Crippen LogP contribution in [0.2, 0.25) is 0 Å². The highest BCUT2D eigenvalue weighted by Gasteiger charge is 2.12. The first kappa shape index (κ1) is 15.0. The molecule has 1 aromatic carbocycles. The Kier molecular flexibility index (Phi) is 5.15. The first-order valence-electron chi connectivity index (χ1n) is 6.61. The van der Waals surface area contributed by atoms with Crippen LogP contribution in [0.5, 0.6) is 5.75 Å². The van der Waals surface area contributed by atoms with Crippen molar-refractivity contribution in [1.82, 2.24) is 10.3 Å². The minimum atomic E-state index is 0.250. The average molecular weight is 335 g/mol. The fraction of sp³-hybridized carbons (Fsp3) is 0.312. The van der Waals surface area contributed by atoms with Crippen LogP contribution in [0.3, 0.4) is 0 Å². The molecule has 2 atom stereocenters. The maximum atomic E-state index is 5.26. The third-order valence-electron chi connectivity index (χ3n) is 3.38. The molecule has 0 spiro atoms. The van der Waals surface area contributed by atoms with Gasteiger partial charge in [0.05, 0.1) is 11.6 Å². The summed E-state index contributed by atoms with van der Waals surface area (Å²) in [5, 5.41) is 3.59. The molecule has 106 valence electrons. The van der Waals surface area contributed by atoms with Gasteiger partial charge in [-0.2, -0.15) is 0 Å². The van der Waals surface area contributed by atoms with Crippen LogP contribution in [0.4, 0.5) is 0 Å². The highest BCUT2D eigenvalue weighted by molar-refractivity contribution is 9.10. The maximum Gasteiger partial charge on any atom is 0.133 e. The van der Waals surface area contributed by atoms with E-state index in [0.717, 1.165) is 10.2 Å². The first-order valence-corrected chi connectivity index (χ1v) is 7.40. The Hall–Kier alpha value is -1.39. The van der Waals surface area contributed by atoms with Gasteiger partial charge in [-0.1, -0.05) is 6.07 Å². The predicted octanol–water partition coefficient (Wildman–Crippen LogP) is 4.26. The van der Waals surface area contributed by atoms with Crippen molar-refractivity contribution in [2.45, 2.75) is 25.9 Å². The summed E-state index contributed by atoms with van der Waals surface area (Å²) < 4.78 is 6.23. The number of ether oxygens (including phenoxy) is 1. The van der Waals surface area contributed by atoms with E-state index in [-0.39, 0.29) is 12.1 Å². The molecule has 2 unspecified atom stereocenters. The summed E-state index contributed by atoms with van der Waals surface area (Å²) in [5.41, 5.74) is 2.46. The lowest BCUT2D eigenvalue weighted by molar-refractivity contribution is 0.411. The van der Waals surface area contributed by atoms with Gasteiger partial charge in [-0.3, -0.25) is 4.98 Å². The van der Waals surface area contributed by atoms with Crippen molar-refractivity contribution in [1.29, 1.82) is 0 Å². The van der Waals surface area contributed by atoms with Crippen LogP contribution in [0.25, 0.3) is 0 Å². The molecule has 20 heavy (non-hydrogen) atoms. The fourth-order valence-electron chi connectivity index (χ4n) is 2.17. The number of hydrogen-bond acceptors (Lipinski definition) is 3. The fourth-order valence-corrected chi connectivity index (χ4v) is 2.73. The molecule has 0 aliphatic heterocycles. The molecule has 4 heteroatoms. The van der Waals surface area contributed by atoms with Crippen LogP contribution in [0.1, 0.15) is 37.1 Å². The maximum absolute atomic E-state index is 5.26. The van der Waals surface area contributed by atoms with Crippen molar-refractivity contribution < 1.29 is 4.74 Å². The number of nitrogens with zero attached hydrogens (tertiary/aromatic N) is 1. The predicted molar refractivity (Wildman–Crippen MR) is 84.9 cm³/mol. The van der Waals surface area contributed by atoms with Crippen molar-refractivity contribution in [3.8, 4) is 5.75 Å².